The summed E-state index contributed by atoms with van der Waals surface area (Å²) in [5.74, 6) is -0.119. The lowest BCUT2D eigenvalue weighted by atomic mass is 9.91. The monoisotopic (exact) mass is 342 g/mol. The van der Waals surface area contributed by atoms with Crippen LogP contribution in [0.3, 0.4) is 0 Å². The lowest BCUT2D eigenvalue weighted by Crippen LogP contribution is -2.55. The van der Waals surface area contributed by atoms with Crippen molar-refractivity contribution in [3.63, 3.8) is 0 Å². The maximum Gasteiger partial charge on any atom is 0.247 e. The van der Waals surface area contributed by atoms with Gasteiger partial charge in [0.25, 0.3) is 0 Å². The molecule has 1 aliphatic heterocycles. The summed E-state index contributed by atoms with van der Waals surface area (Å²) in [6.07, 6.45) is 2.47. The summed E-state index contributed by atoms with van der Waals surface area (Å²) < 4.78 is 23.1. The molecule has 0 atom stereocenters. The Kier molecular flexibility index (Phi) is 4.86. The zero-order chi connectivity index (χ0) is 17.3. The number of H-pyrrole nitrogens is 1. The molecule has 0 spiro atoms. The zero-order valence-corrected chi connectivity index (χ0v) is 15.0. The van der Waals surface area contributed by atoms with E-state index in [1.807, 2.05) is 0 Å². The second-order valence-corrected chi connectivity index (χ2v) is 9.81. The normalized spacial score (nSPS) is 18.6. The standard InChI is InChI=1S/C15H26N4O3S/c1-14(2,3)10-11-9-12(19-18-11)17-13(20)15(23(4,21)22)5-7-16-8-6-15/h9,16H,5-8,10H2,1-4H3,(H2,17,18,19,20). The van der Waals surface area contributed by atoms with Gasteiger partial charge in [0.1, 0.15) is 0 Å². The minimum atomic E-state index is -3.52. The molecular weight excluding hydrogens is 316 g/mol. The number of carbonyl (C=O) groups is 1. The molecule has 0 bridgehead atoms. The van der Waals surface area contributed by atoms with Crippen molar-refractivity contribution in [3.05, 3.63) is 11.8 Å². The second-order valence-electron chi connectivity index (χ2n) is 7.49. The number of nitrogens with zero attached hydrogens (tertiary/aromatic N) is 1. The van der Waals surface area contributed by atoms with Crippen molar-refractivity contribution >= 4 is 21.6 Å². The summed E-state index contributed by atoms with van der Waals surface area (Å²) in [6.45, 7) is 7.35. The van der Waals surface area contributed by atoms with Crippen molar-refractivity contribution in [2.45, 2.75) is 44.8 Å². The minimum Gasteiger partial charge on any atom is -0.317 e. The highest BCUT2D eigenvalue weighted by Gasteiger charge is 2.48. The molecule has 1 aromatic rings. The molecule has 1 aliphatic rings. The maximum atomic E-state index is 12.7. The van der Waals surface area contributed by atoms with Crippen LogP contribution in [0.25, 0.3) is 0 Å². The van der Waals surface area contributed by atoms with Crippen LogP contribution in [-0.2, 0) is 21.1 Å². The van der Waals surface area contributed by atoms with Crippen LogP contribution in [0.1, 0.15) is 39.3 Å². The third-order valence-electron chi connectivity index (χ3n) is 4.13. The van der Waals surface area contributed by atoms with Gasteiger partial charge < -0.3 is 10.6 Å². The predicted molar refractivity (Wildman–Crippen MR) is 90.1 cm³/mol. The predicted octanol–water partition coefficient (Wildman–Crippen LogP) is 1.10. The summed E-state index contributed by atoms with van der Waals surface area (Å²) in [5.41, 5.74) is 1.00. The zero-order valence-electron chi connectivity index (χ0n) is 14.2. The van der Waals surface area contributed by atoms with E-state index in [2.05, 4.69) is 41.6 Å². The highest BCUT2D eigenvalue weighted by molar-refractivity contribution is 7.92. The Labute approximate surface area is 137 Å². The fourth-order valence-corrected chi connectivity index (χ4v) is 4.25. The Morgan fingerprint density at radius 3 is 2.48 bits per heavy atom. The Bertz CT molecular complexity index is 667. The first-order valence-corrected chi connectivity index (χ1v) is 9.69. The molecule has 0 saturated carbocycles. The molecule has 1 fully saturated rings. The van der Waals surface area contributed by atoms with Gasteiger partial charge in [-0.05, 0) is 37.8 Å². The highest BCUT2D eigenvalue weighted by atomic mass is 32.2. The van der Waals surface area contributed by atoms with E-state index >= 15 is 0 Å². The number of anilines is 1. The quantitative estimate of drug-likeness (QED) is 0.760. The number of amides is 1. The van der Waals surface area contributed by atoms with Crippen LogP contribution in [0.4, 0.5) is 5.82 Å². The Hall–Kier alpha value is -1.41. The number of hydrogen-bond acceptors (Lipinski definition) is 5. The molecule has 0 aliphatic carbocycles. The summed E-state index contributed by atoms with van der Waals surface area (Å²) in [4.78, 5) is 12.7. The number of nitrogens with one attached hydrogen (secondary N) is 3. The summed E-state index contributed by atoms with van der Waals surface area (Å²) >= 11 is 0. The molecule has 2 rings (SSSR count). The summed E-state index contributed by atoms with van der Waals surface area (Å²) in [6, 6.07) is 1.76. The Morgan fingerprint density at radius 1 is 1.35 bits per heavy atom. The van der Waals surface area contributed by atoms with E-state index in [1.165, 1.54) is 0 Å². The molecule has 130 valence electrons. The van der Waals surface area contributed by atoms with E-state index < -0.39 is 20.5 Å². The molecule has 7 nitrogen and oxygen atoms in total. The number of rotatable bonds is 4. The molecular formula is C15H26N4O3S. The lowest BCUT2D eigenvalue weighted by molar-refractivity contribution is -0.119. The highest BCUT2D eigenvalue weighted by Crippen LogP contribution is 2.29. The smallest absolute Gasteiger partial charge is 0.247 e. The first kappa shape index (κ1) is 17.9. The van der Waals surface area contributed by atoms with Gasteiger partial charge in [-0.25, -0.2) is 8.42 Å². The van der Waals surface area contributed by atoms with Crippen LogP contribution in [0.2, 0.25) is 0 Å². The van der Waals surface area contributed by atoms with Crippen LogP contribution in [0.5, 0.6) is 0 Å². The first-order valence-electron chi connectivity index (χ1n) is 7.80. The molecule has 0 aromatic carbocycles. The van der Waals surface area contributed by atoms with Gasteiger partial charge in [-0.2, -0.15) is 5.10 Å². The van der Waals surface area contributed by atoms with Gasteiger partial charge in [0.15, 0.2) is 20.4 Å². The van der Waals surface area contributed by atoms with Crippen LogP contribution < -0.4 is 10.6 Å². The van der Waals surface area contributed by atoms with E-state index in [9.17, 15) is 13.2 Å². The van der Waals surface area contributed by atoms with Crippen molar-refractivity contribution in [2.75, 3.05) is 24.7 Å². The summed E-state index contributed by atoms with van der Waals surface area (Å²) in [5, 5.41) is 12.7. The first-order chi connectivity index (χ1) is 10.5. The molecule has 2 heterocycles. The van der Waals surface area contributed by atoms with Crippen molar-refractivity contribution < 1.29 is 13.2 Å². The van der Waals surface area contributed by atoms with Gasteiger partial charge in [0.2, 0.25) is 5.91 Å². The van der Waals surface area contributed by atoms with E-state index in [4.69, 9.17) is 0 Å². The van der Waals surface area contributed by atoms with Crippen molar-refractivity contribution in [3.8, 4) is 0 Å². The molecule has 8 heteroatoms. The summed E-state index contributed by atoms with van der Waals surface area (Å²) in [7, 11) is -3.52. The van der Waals surface area contributed by atoms with Crippen molar-refractivity contribution in [1.29, 1.82) is 0 Å². The van der Waals surface area contributed by atoms with E-state index in [1.54, 1.807) is 6.07 Å². The van der Waals surface area contributed by atoms with E-state index in [0.29, 0.717) is 18.9 Å². The van der Waals surface area contributed by atoms with Crippen LogP contribution in [0.15, 0.2) is 6.07 Å². The molecule has 0 unspecified atom stereocenters. The minimum absolute atomic E-state index is 0.0941. The number of aromatic amines is 1. The van der Waals surface area contributed by atoms with Crippen molar-refractivity contribution in [2.24, 2.45) is 5.41 Å². The average molecular weight is 342 g/mol. The average Bonchev–Trinajstić information content (AvgIpc) is 2.83. The largest absolute Gasteiger partial charge is 0.317 e. The van der Waals surface area contributed by atoms with Crippen LogP contribution in [-0.4, -0.2) is 48.6 Å². The lowest BCUT2D eigenvalue weighted by Gasteiger charge is -2.34. The van der Waals surface area contributed by atoms with Gasteiger partial charge >= 0.3 is 0 Å². The molecule has 1 amide bonds. The third kappa shape index (κ3) is 4.11. The molecule has 3 N–H and O–H groups in total. The number of aromatic nitrogens is 2. The van der Waals surface area contributed by atoms with Crippen molar-refractivity contribution in [1.82, 2.24) is 15.5 Å². The van der Waals surface area contributed by atoms with E-state index in [0.717, 1.165) is 18.4 Å². The SMILES string of the molecule is CC(C)(C)Cc1cc(NC(=O)C2(S(C)(=O)=O)CCNCC2)n[nH]1. The second kappa shape index (κ2) is 6.24. The molecule has 0 radical (unpaired) electrons. The Balaban J connectivity index is 2.17. The molecule has 23 heavy (non-hydrogen) atoms. The fraction of sp³-hybridized carbons (Fsp3) is 0.733. The maximum absolute atomic E-state index is 12.7. The van der Waals surface area contributed by atoms with Crippen LogP contribution >= 0.6 is 0 Å². The van der Waals surface area contributed by atoms with Gasteiger partial charge in [-0.15, -0.1) is 0 Å². The van der Waals surface area contributed by atoms with Crippen LogP contribution in [0, 0.1) is 5.41 Å². The number of piperidine rings is 1. The number of hydrogen-bond donors (Lipinski definition) is 3. The van der Waals surface area contributed by atoms with Gasteiger partial charge in [0.05, 0.1) is 0 Å². The Morgan fingerprint density at radius 2 is 1.96 bits per heavy atom. The third-order valence-corrected chi connectivity index (χ3v) is 6.14. The van der Waals surface area contributed by atoms with E-state index in [-0.39, 0.29) is 18.3 Å². The van der Waals surface area contributed by atoms with Gasteiger partial charge in [0, 0.05) is 18.0 Å². The molecule has 1 aromatic heterocycles. The topological polar surface area (TPSA) is 104 Å². The number of sulfone groups is 1. The number of carbonyl (C=O) groups excluding carboxylic acids is 1. The van der Waals surface area contributed by atoms with Gasteiger partial charge in [-0.3, -0.25) is 9.89 Å². The van der Waals surface area contributed by atoms with Gasteiger partial charge in [-0.1, -0.05) is 20.8 Å². The fourth-order valence-electron chi connectivity index (χ4n) is 2.91. The molecule has 1 saturated heterocycles.